The first kappa shape index (κ1) is 17.1. The molecular weight excluding hydrogens is 299 g/mol. The highest BCUT2D eigenvalue weighted by molar-refractivity contribution is 6.35. The zero-order chi connectivity index (χ0) is 15.0. The molecule has 0 spiro atoms. The number of rotatable bonds is 8. The number of benzene rings is 1. The standard InChI is InChI=1S/C14H20Cl2N2O2/c1-10(17)6-7-18-14(19)3-2-8-20-13-5-4-11(15)9-12(13)16/h4-5,9-10H,2-3,6-8,17H2,1H3,(H,18,19). The van der Waals surface area contributed by atoms with E-state index in [0.717, 1.165) is 6.42 Å². The Bertz CT molecular complexity index is 439. The van der Waals surface area contributed by atoms with Crippen LogP contribution in [0.2, 0.25) is 10.0 Å². The highest BCUT2D eigenvalue weighted by atomic mass is 35.5. The summed E-state index contributed by atoms with van der Waals surface area (Å²) in [4.78, 5) is 11.5. The van der Waals surface area contributed by atoms with Crippen LogP contribution in [0.15, 0.2) is 18.2 Å². The normalized spacial score (nSPS) is 12.0. The van der Waals surface area contributed by atoms with Gasteiger partial charge in [0.1, 0.15) is 5.75 Å². The van der Waals surface area contributed by atoms with Crippen molar-refractivity contribution in [3.63, 3.8) is 0 Å². The third-order valence-electron chi connectivity index (χ3n) is 2.62. The molecule has 6 heteroatoms. The van der Waals surface area contributed by atoms with Gasteiger partial charge in [-0.1, -0.05) is 23.2 Å². The molecule has 0 saturated carbocycles. The second-order valence-electron chi connectivity index (χ2n) is 4.64. The summed E-state index contributed by atoms with van der Waals surface area (Å²) >= 11 is 11.8. The van der Waals surface area contributed by atoms with Crippen molar-refractivity contribution in [1.29, 1.82) is 0 Å². The van der Waals surface area contributed by atoms with E-state index in [-0.39, 0.29) is 11.9 Å². The van der Waals surface area contributed by atoms with E-state index >= 15 is 0 Å². The fourth-order valence-corrected chi connectivity index (χ4v) is 2.00. The van der Waals surface area contributed by atoms with Crippen molar-refractivity contribution in [2.75, 3.05) is 13.2 Å². The van der Waals surface area contributed by atoms with Crippen LogP contribution in [0.4, 0.5) is 0 Å². The maximum Gasteiger partial charge on any atom is 0.220 e. The number of hydrogen-bond acceptors (Lipinski definition) is 3. The Labute approximate surface area is 129 Å². The highest BCUT2D eigenvalue weighted by Gasteiger charge is 2.04. The van der Waals surface area contributed by atoms with E-state index in [4.69, 9.17) is 33.7 Å². The molecule has 0 saturated heterocycles. The van der Waals surface area contributed by atoms with Gasteiger partial charge in [-0.25, -0.2) is 0 Å². The summed E-state index contributed by atoms with van der Waals surface area (Å²) in [6, 6.07) is 5.15. The van der Waals surface area contributed by atoms with E-state index in [2.05, 4.69) is 5.32 Å². The molecule has 0 aliphatic rings. The molecule has 20 heavy (non-hydrogen) atoms. The number of hydrogen-bond donors (Lipinski definition) is 2. The van der Waals surface area contributed by atoms with Gasteiger partial charge in [0.05, 0.1) is 11.6 Å². The number of halogens is 2. The second-order valence-corrected chi connectivity index (χ2v) is 5.49. The van der Waals surface area contributed by atoms with Crippen molar-refractivity contribution >= 4 is 29.1 Å². The molecule has 1 rings (SSSR count). The summed E-state index contributed by atoms with van der Waals surface area (Å²) in [6.45, 7) is 2.96. The van der Waals surface area contributed by atoms with E-state index in [0.29, 0.717) is 41.8 Å². The quantitative estimate of drug-likeness (QED) is 0.724. The molecule has 1 aromatic carbocycles. The minimum atomic E-state index is 0.0106. The van der Waals surface area contributed by atoms with Crippen molar-refractivity contribution in [2.45, 2.75) is 32.2 Å². The summed E-state index contributed by atoms with van der Waals surface area (Å²) in [5.74, 6) is 0.588. The van der Waals surface area contributed by atoms with Gasteiger partial charge in [-0.3, -0.25) is 4.79 Å². The summed E-state index contributed by atoms with van der Waals surface area (Å²) < 4.78 is 5.49. The van der Waals surface area contributed by atoms with Crippen LogP contribution in [-0.2, 0) is 4.79 Å². The van der Waals surface area contributed by atoms with Crippen molar-refractivity contribution in [1.82, 2.24) is 5.32 Å². The predicted octanol–water partition coefficient (Wildman–Crippen LogP) is 3.01. The third-order valence-corrected chi connectivity index (χ3v) is 3.15. The lowest BCUT2D eigenvalue weighted by Crippen LogP contribution is -2.28. The van der Waals surface area contributed by atoms with Crippen LogP contribution in [0, 0.1) is 0 Å². The largest absolute Gasteiger partial charge is 0.492 e. The van der Waals surface area contributed by atoms with E-state index in [9.17, 15) is 4.79 Å². The average Bonchev–Trinajstić information content (AvgIpc) is 2.36. The molecule has 4 nitrogen and oxygen atoms in total. The lowest BCUT2D eigenvalue weighted by atomic mass is 10.2. The Morgan fingerprint density at radius 3 is 2.85 bits per heavy atom. The fraction of sp³-hybridized carbons (Fsp3) is 0.500. The molecule has 1 aromatic rings. The Balaban J connectivity index is 2.16. The SMILES string of the molecule is CC(N)CCNC(=O)CCCOc1ccc(Cl)cc1Cl. The van der Waals surface area contributed by atoms with Gasteiger partial charge in [0.15, 0.2) is 0 Å². The number of amides is 1. The topological polar surface area (TPSA) is 64.3 Å². The fourth-order valence-electron chi connectivity index (χ4n) is 1.53. The summed E-state index contributed by atoms with van der Waals surface area (Å²) in [5, 5.41) is 3.85. The predicted molar refractivity (Wildman–Crippen MR) is 82.5 cm³/mol. The van der Waals surface area contributed by atoms with Crippen LogP contribution >= 0.6 is 23.2 Å². The minimum absolute atomic E-state index is 0.0106. The molecule has 0 fully saturated rings. The van der Waals surface area contributed by atoms with Crippen molar-refractivity contribution in [3.05, 3.63) is 28.2 Å². The van der Waals surface area contributed by atoms with Crippen LogP contribution in [0.1, 0.15) is 26.2 Å². The van der Waals surface area contributed by atoms with Crippen LogP contribution in [0.25, 0.3) is 0 Å². The molecule has 1 unspecified atom stereocenters. The molecule has 0 bridgehead atoms. The smallest absolute Gasteiger partial charge is 0.220 e. The van der Waals surface area contributed by atoms with E-state index in [1.807, 2.05) is 6.92 Å². The lowest BCUT2D eigenvalue weighted by Gasteiger charge is -2.09. The van der Waals surface area contributed by atoms with Gasteiger partial charge in [0.25, 0.3) is 0 Å². The van der Waals surface area contributed by atoms with E-state index in [1.54, 1.807) is 18.2 Å². The molecule has 112 valence electrons. The Morgan fingerprint density at radius 2 is 2.20 bits per heavy atom. The molecular formula is C14H20Cl2N2O2. The number of carbonyl (C=O) groups excluding carboxylic acids is 1. The van der Waals surface area contributed by atoms with Gasteiger partial charge in [0.2, 0.25) is 5.91 Å². The Kier molecular flexibility index (Phi) is 7.73. The van der Waals surface area contributed by atoms with Crippen LogP contribution in [-0.4, -0.2) is 25.1 Å². The van der Waals surface area contributed by atoms with E-state index < -0.39 is 0 Å². The summed E-state index contributed by atoms with van der Waals surface area (Å²) in [5.41, 5.74) is 5.60. The van der Waals surface area contributed by atoms with E-state index in [1.165, 1.54) is 0 Å². The Morgan fingerprint density at radius 1 is 1.45 bits per heavy atom. The molecule has 0 radical (unpaired) electrons. The van der Waals surface area contributed by atoms with Crippen molar-refractivity contribution in [2.24, 2.45) is 5.73 Å². The number of nitrogens with two attached hydrogens (primary N) is 1. The van der Waals surface area contributed by atoms with Gasteiger partial charge in [-0.05, 0) is 38.0 Å². The summed E-state index contributed by atoms with van der Waals surface area (Å²) in [7, 11) is 0. The van der Waals surface area contributed by atoms with Gasteiger partial charge < -0.3 is 15.8 Å². The first-order valence-corrected chi connectivity index (χ1v) is 7.34. The molecule has 0 aromatic heterocycles. The highest BCUT2D eigenvalue weighted by Crippen LogP contribution is 2.27. The zero-order valence-electron chi connectivity index (χ0n) is 11.5. The monoisotopic (exact) mass is 318 g/mol. The van der Waals surface area contributed by atoms with Gasteiger partial charge in [-0.15, -0.1) is 0 Å². The zero-order valence-corrected chi connectivity index (χ0v) is 13.0. The van der Waals surface area contributed by atoms with Crippen LogP contribution in [0.5, 0.6) is 5.75 Å². The number of carbonyl (C=O) groups is 1. The summed E-state index contributed by atoms with van der Waals surface area (Å²) in [6.07, 6.45) is 1.83. The Hall–Kier alpha value is -0.970. The molecule has 0 heterocycles. The maximum absolute atomic E-state index is 11.5. The molecule has 0 aliphatic carbocycles. The lowest BCUT2D eigenvalue weighted by molar-refractivity contribution is -0.121. The molecule has 1 amide bonds. The van der Waals surface area contributed by atoms with Gasteiger partial charge >= 0.3 is 0 Å². The first-order valence-electron chi connectivity index (χ1n) is 6.59. The van der Waals surface area contributed by atoms with Crippen molar-refractivity contribution in [3.8, 4) is 5.75 Å². The van der Waals surface area contributed by atoms with Crippen LogP contribution in [0.3, 0.4) is 0 Å². The maximum atomic E-state index is 11.5. The number of ether oxygens (including phenoxy) is 1. The second kappa shape index (κ2) is 9.06. The minimum Gasteiger partial charge on any atom is -0.492 e. The van der Waals surface area contributed by atoms with Gasteiger partial charge in [0, 0.05) is 24.0 Å². The van der Waals surface area contributed by atoms with Crippen LogP contribution < -0.4 is 15.8 Å². The third kappa shape index (κ3) is 6.98. The molecule has 0 aliphatic heterocycles. The molecule has 3 N–H and O–H groups in total. The average molecular weight is 319 g/mol. The molecule has 1 atom stereocenters. The van der Waals surface area contributed by atoms with Crippen molar-refractivity contribution < 1.29 is 9.53 Å². The first-order chi connectivity index (χ1) is 9.49. The number of nitrogens with one attached hydrogen (secondary N) is 1. The van der Waals surface area contributed by atoms with Gasteiger partial charge in [-0.2, -0.15) is 0 Å².